The fraction of sp³-hybridized carbons (Fsp3) is 0.235. The summed E-state index contributed by atoms with van der Waals surface area (Å²) in [4.78, 5) is 13.9. The van der Waals surface area contributed by atoms with Crippen LogP contribution in [0.25, 0.3) is 0 Å². The number of carbonyl (C=O) groups is 1. The number of nitrogens with zero attached hydrogens (tertiary/aromatic N) is 1. The fourth-order valence-corrected chi connectivity index (χ4v) is 2.40. The molecule has 0 radical (unpaired) electrons. The van der Waals surface area contributed by atoms with Gasteiger partial charge < -0.3 is 10.1 Å². The molecule has 122 valence electrons. The summed E-state index contributed by atoms with van der Waals surface area (Å²) in [5, 5.41) is 3.71. The minimum absolute atomic E-state index is 0.142. The Hall–Kier alpha value is -1.75. The van der Waals surface area contributed by atoms with Crippen LogP contribution in [0.3, 0.4) is 0 Å². The van der Waals surface area contributed by atoms with Crippen LogP contribution in [0.2, 0.25) is 10.0 Å². The average molecular weight is 353 g/mol. The monoisotopic (exact) mass is 352 g/mol. The molecule has 0 heterocycles. The lowest BCUT2D eigenvalue weighted by Gasteiger charge is -2.17. The second-order valence-corrected chi connectivity index (χ2v) is 5.92. The van der Waals surface area contributed by atoms with Gasteiger partial charge in [-0.3, -0.25) is 9.69 Å². The Bertz CT molecular complexity index is 650. The van der Waals surface area contributed by atoms with Crippen molar-refractivity contribution in [3.05, 3.63) is 58.6 Å². The van der Waals surface area contributed by atoms with Crippen molar-refractivity contribution in [1.82, 2.24) is 4.90 Å². The standard InChI is InChI=1S/C17H18Cl2N2O2/c1-21(9-10-23-14-5-3-2-4-6-14)12-17(22)20-16-8-7-13(18)11-15(16)19/h2-8,11H,9-10,12H2,1H3,(H,20,22). The molecular formula is C17H18Cl2N2O2. The number of para-hydroxylation sites is 1. The van der Waals surface area contributed by atoms with Crippen LogP contribution in [0.4, 0.5) is 5.69 Å². The summed E-state index contributed by atoms with van der Waals surface area (Å²) >= 11 is 11.9. The highest BCUT2D eigenvalue weighted by atomic mass is 35.5. The van der Waals surface area contributed by atoms with Crippen molar-refractivity contribution in [3.8, 4) is 5.75 Å². The lowest BCUT2D eigenvalue weighted by Crippen LogP contribution is -2.33. The van der Waals surface area contributed by atoms with Crippen LogP contribution in [-0.4, -0.2) is 37.6 Å². The van der Waals surface area contributed by atoms with Gasteiger partial charge in [-0.1, -0.05) is 41.4 Å². The quantitative estimate of drug-likeness (QED) is 0.820. The molecule has 0 aromatic heterocycles. The maximum atomic E-state index is 12.0. The molecule has 2 rings (SSSR count). The van der Waals surface area contributed by atoms with Gasteiger partial charge in [-0.15, -0.1) is 0 Å². The van der Waals surface area contributed by atoms with Crippen LogP contribution in [0.5, 0.6) is 5.75 Å². The number of nitrogens with one attached hydrogen (secondary N) is 1. The molecule has 2 aromatic rings. The molecule has 1 N–H and O–H groups in total. The number of rotatable bonds is 7. The average Bonchev–Trinajstić information content (AvgIpc) is 2.51. The van der Waals surface area contributed by atoms with Gasteiger partial charge in [0.25, 0.3) is 0 Å². The number of carbonyl (C=O) groups excluding carboxylic acids is 1. The van der Waals surface area contributed by atoms with E-state index in [0.29, 0.717) is 28.9 Å². The smallest absolute Gasteiger partial charge is 0.238 e. The Morgan fingerprint density at radius 2 is 1.91 bits per heavy atom. The molecule has 0 aliphatic heterocycles. The zero-order valence-corrected chi connectivity index (χ0v) is 14.3. The van der Waals surface area contributed by atoms with E-state index in [1.807, 2.05) is 42.3 Å². The third-order valence-corrected chi connectivity index (χ3v) is 3.65. The van der Waals surface area contributed by atoms with Gasteiger partial charge in [-0.25, -0.2) is 0 Å². The number of benzene rings is 2. The molecule has 4 nitrogen and oxygen atoms in total. The largest absolute Gasteiger partial charge is 0.492 e. The molecule has 23 heavy (non-hydrogen) atoms. The third kappa shape index (κ3) is 6.10. The normalized spacial score (nSPS) is 10.6. The highest BCUT2D eigenvalue weighted by Crippen LogP contribution is 2.25. The van der Waals surface area contributed by atoms with E-state index in [1.54, 1.807) is 18.2 Å². The predicted molar refractivity (Wildman–Crippen MR) is 94.5 cm³/mol. The summed E-state index contributed by atoms with van der Waals surface area (Å²) in [6.07, 6.45) is 0. The van der Waals surface area contributed by atoms with Gasteiger partial charge >= 0.3 is 0 Å². The Balaban J connectivity index is 1.74. The van der Waals surface area contributed by atoms with Crippen molar-refractivity contribution in [1.29, 1.82) is 0 Å². The summed E-state index contributed by atoms with van der Waals surface area (Å²) < 4.78 is 5.60. The summed E-state index contributed by atoms with van der Waals surface area (Å²) in [5.41, 5.74) is 0.551. The van der Waals surface area contributed by atoms with E-state index in [0.717, 1.165) is 5.75 Å². The topological polar surface area (TPSA) is 41.6 Å². The van der Waals surface area contributed by atoms with Crippen molar-refractivity contribution >= 4 is 34.8 Å². The molecule has 2 aromatic carbocycles. The van der Waals surface area contributed by atoms with Gasteiger partial charge in [0.15, 0.2) is 0 Å². The molecule has 1 amide bonds. The fourth-order valence-electron chi connectivity index (χ4n) is 1.94. The maximum Gasteiger partial charge on any atom is 0.238 e. The van der Waals surface area contributed by atoms with Crippen LogP contribution < -0.4 is 10.1 Å². The first kappa shape index (κ1) is 17.6. The summed E-state index contributed by atoms with van der Waals surface area (Å²) in [6, 6.07) is 14.5. The van der Waals surface area contributed by atoms with Crippen LogP contribution in [0, 0.1) is 0 Å². The number of amides is 1. The lowest BCUT2D eigenvalue weighted by atomic mass is 10.3. The molecule has 0 saturated heterocycles. The summed E-state index contributed by atoms with van der Waals surface area (Å²) in [5.74, 6) is 0.676. The van der Waals surface area contributed by atoms with Gasteiger partial charge in [0, 0.05) is 11.6 Å². The van der Waals surface area contributed by atoms with E-state index in [9.17, 15) is 4.79 Å². The molecule has 0 saturated carbocycles. The number of hydrogen-bond donors (Lipinski definition) is 1. The lowest BCUT2D eigenvalue weighted by molar-refractivity contribution is -0.117. The minimum atomic E-state index is -0.142. The van der Waals surface area contributed by atoms with Crippen LogP contribution >= 0.6 is 23.2 Å². The molecular weight excluding hydrogens is 335 g/mol. The first-order valence-corrected chi connectivity index (χ1v) is 7.91. The highest BCUT2D eigenvalue weighted by Gasteiger charge is 2.09. The molecule has 0 spiro atoms. The van der Waals surface area contributed by atoms with Crippen molar-refractivity contribution in [2.45, 2.75) is 0 Å². The van der Waals surface area contributed by atoms with E-state index in [4.69, 9.17) is 27.9 Å². The third-order valence-electron chi connectivity index (χ3n) is 3.10. The highest BCUT2D eigenvalue weighted by molar-refractivity contribution is 6.36. The van der Waals surface area contributed by atoms with Crippen molar-refractivity contribution in [2.75, 3.05) is 32.1 Å². The molecule has 0 aliphatic rings. The number of likely N-dealkylation sites (N-methyl/N-ethyl adjacent to an activating group) is 1. The molecule has 0 aliphatic carbocycles. The number of halogens is 2. The van der Waals surface area contributed by atoms with Gasteiger partial charge in [0.2, 0.25) is 5.91 Å². The second kappa shape index (κ2) is 8.77. The molecule has 0 atom stereocenters. The molecule has 0 unspecified atom stereocenters. The second-order valence-electron chi connectivity index (χ2n) is 5.07. The first-order chi connectivity index (χ1) is 11.0. The van der Waals surface area contributed by atoms with Gasteiger partial charge in [-0.05, 0) is 37.4 Å². The molecule has 0 fully saturated rings. The van der Waals surface area contributed by atoms with Gasteiger partial charge in [0.05, 0.1) is 17.3 Å². The summed E-state index contributed by atoms with van der Waals surface area (Å²) in [6.45, 7) is 1.39. The Labute approximate surface area is 146 Å². The zero-order valence-electron chi connectivity index (χ0n) is 12.8. The zero-order chi connectivity index (χ0) is 16.7. The first-order valence-electron chi connectivity index (χ1n) is 7.16. The van der Waals surface area contributed by atoms with Crippen LogP contribution in [-0.2, 0) is 4.79 Å². The predicted octanol–water partition coefficient (Wildman–Crippen LogP) is 3.94. The minimum Gasteiger partial charge on any atom is -0.492 e. The van der Waals surface area contributed by atoms with Crippen LogP contribution in [0.1, 0.15) is 0 Å². The van der Waals surface area contributed by atoms with Crippen molar-refractivity contribution < 1.29 is 9.53 Å². The molecule has 6 heteroatoms. The van der Waals surface area contributed by atoms with Gasteiger partial charge in [-0.2, -0.15) is 0 Å². The van der Waals surface area contributed by atoms with Crippen molar-refractivity contribution in [2.24, 2.45) is 0 Å². The number of ether oxygens (including phenoxy) is 1. The van der Waals surface area contributed by atoms with Crippen molar-refractivity contribution in [3.63, 3.8) is 0 Å². The van der Waals surface area contributed by atoms with Gasteiger partial charge in [0.1, 0.15) is 12.4 Å². The van der Waals surface area contributed by atoms with E-state index in [-0.39, 0.29) is 12.5 Å². The number of hydrogen-bond acceptors (Lipinski definition) is 3. The maximum absolute atomic E-state index is 12.0. The van der Waals surface area contributed by atoms with E-state index in [1.165, 1.54) is 0 Å². The van der Waals surface area contributed by atoms with E-state index < -0.39 is 0 Å². The van der Waals surface area contributed by atoms with E-state index >= 15 is 0 Å². The summed E-state index contributed by atoms with van der Waals surface area (Å²) in [7, 11) is 1.86. The van der Waals surface area contributed by atoms with E-state index in [2.05, 4.69) is 5.32 Å². The van der Waals surface area contributed by atoms with Crippen LogP contribution in [0.15, 0.2) is 48.5 Å². The number of anilines is 1. The molecule has 0 bridgehead atoms. The Morgan fingerprint density at radius 1 is 1.17 bits per heavy atom. The Kier molecular flexibility index (Phi) is 6.71. The Morgan fingerprint density at radius 3 is 2.61 bits per heavy atom. The SMILES string of the molecule is CN(CCOc1ccccc1)CC(=O)Nc1ccc(Cl)cc1Cl.